The smallest absolute Gasteiger partial charge is 0.243 e. The molecule has 2 aromatic rings. The fraction of sp³-hybridized carbons (Fsp3) is 0.524. The number of amides is 1. The van der Waals surface area contributed by atoms with Crippen LogP contribution in [0.4, 0.5) is 0 Å². The lowest BCUT2D eigenvalue weighted by molar-refractivity contribution is -0.147. The van der Waals surface area contributed by atoms with Crippen LogP contribution in [0.25, 0.3) is 10.9 Å². The maximum atomic E-state index is 13.2. The first-order valence-electron chi connectivity index (χ1n) is 9.62. The van der Waals surface area contributed by atoms with Crippen molar-refractivity contribution in [2.24, 2.45) is 0 Å². The first kappa shape index (κ1) is 16.5. The molecule has 1 atom stereocenters. The number of carbonyl (C=O) groups excluding carboxylic acids is 1. The number of hydrogen-bond donors (Lipinski definition) is 0. The van der Waals surface area contributed by atoms with Gasteiger partial charge in [-0.05, 0) is 50.8 Å². The molecule has 1 unspecified atom stereocenters. The fourth-order valence-corrected chi connectivity index (χ4v) is 4.63. The van der Waals surface area contributed by atoms with E-state index in [4.69, 9.17) is 4.98 Å². The summed E-state index contributed by atoms with van der Waals surface area (Å²) in [5.74, 6) is 0.360. The van der Waals surface area contributed by atoms with E-state index in [1.165, 1.54) is 5.39 Å². The third-order valence-corrected chi connectivity index (χ3v) is 5.83. The van der Waals surface area contributed by atoms with Gasteiger partial charge in [0.05, 0.1) is 11.2 Å². The minimum absolute atomic E-state index is 0.277. The highest BCUT2D eigenvalue weighted by atomic mass is 16.2. The minimum atomic E-state index is -0.277. The first-order chi connectivity index (χ1) is 12.2. The maximum absolute atomic E-state index is 13.2. The summed E-state index contributed by atoms with van der Waals surface area (Å²) < 4.78 is 0. The van der Waals surface area contributed by atoms with E-state index in [0.29, 0.717) is 5.91 Å². The molecule has 25 heavy (non-hydrogen) atoms. The molecule has 4 heteroatoms. The quantitative estimate of drug-likeness (QED) is 0.855. The van der Waals surface area contributed by atoms with Crippen molar-refractivity contribution >= 4 is 16.8 Å². The van der Waals surface area contributed by atoms with Crippen molar-refractivity contribution < 1.29 is 4.79 Å². The van der Waals surface area contributed by atoms with Crippen LogP contribution < -0.4 is 0 Å². The van der Waals surface area contributed by atoms with Crippen molar-refractivity contribution in [2.45, 2.75) is 51.1 Å². The number of piperidine rings is 1. The second-order valence-corrected chi connectivity index (χ2v) is 7.45. The number of nitrogens with zero attached hydrogens (tertiary/aromatic N) is 3. The van der Waals surface area contributed by atoms with E-state index in [1.807, 2.05) is 12.1 Å². The number of likely N-dealkylation sites (tertiary alicyclic amines) is 2. The number of rotatable bonds is 4. The van der Waals surface area contributed by atoms with E-state index in [-0.39, 0.29) is 5.54 Å². The largest absolute Gasteiger partial charge is 0.341 e. The van der Waals surface area contributed by atoms with Gasteiger partial charge in [-0.1, -0.05) is 31.2 Å². The standard InChI is InChI=1S/C21H27N3O/c1-2-13-23-14-5-11-21(20(23)25)12-6-15-24(21)16-18-10-9-17-7-3-4-8-19(17)22-18/h3-4,7-10H,2,5-6,11-16H2,1H3. The number of para-hydroxylation sites is 1. The summed E-state index contributed by atoms with van der Waals surface area (Å²) in [6.45, 7) is 5.75. The highest BCUT2D eigenvalue weighted by Crippen LogP contribution is 2.39. The zero-order chi connectivity index (χ0) is 17.3. The van der Waals surface area contributed by atoms with Gasteiger partial charge >= 0.3 is 0 Å². The van der Waals surface area contributed by atoms with Gasteiger partial charge in [0.2, 0.25) is 5.91 Å². The van der Waals surface area contributed by atoms with E-state index < -0.39 is 0 Å². The molecule has 0 radical (unpaired) electrons. The zero-order valence-electron chi connectivity index (χ0n) is 15.1. The Balaban J connectivity index is 1.59. The molecule has 1 spiro atoms. The summed E-state index contributed by atoms with van der Waals surface area (Å²) in [5.41, 5.74) is 1.83. The molecule has 0 N–H and O–H groups in total. The molecule has 0 saturated carbocycles. The minimum Gasteiger partial charge on any atom is -0.341 e. The Bertz CT molecular complexity index is 773. The number of pyridine rings is 1. The van der Waals surface area contributed by atoms with Gasteiger partial charge in [-0.2, -0.15) is 0 Å². The number of aromatic nitrogens is 1. The molecular formula is C21H27N3O. The third-order valence-electron chi connectivity index (χ3n) is 5.83. The van der Waals surface area contributed by atoms with E-state index in [9.17, 15) is 4.79 Å². The van der Waals surface area contributed by atoms with Crippen molar-refractivity contribution in [3.8, 4) is 0 Å². The lowest BCUT2D eigenvalue weighted by Gasteiger charge is -2.44. The Hall–Kier alpha value is -1.94. The van der Waals surface area contributed by atoms with Crippen molar-refractivity contribution in [3.05, 3.63) is 42.1 Å². The van der Waals surface area contributed by atoms with Crippen LogP contribution in [0.5, 0.6) is 0 Å². The van der Waals surface area contributed by atoms with Crippen molar-refractivity contribution in [1.29, 1.82) is 0 Å². The van der Waals surface area contributed by atoms with Gasteiger partial charge in [0, 0.05) is 25.0 Å². The average molecular weight is 337 g/mol. The normalized spacial score (nSPS) is 24.5. The predicted octanol–water partition coefficient (Wildman–Crippen LogP) is 3.60. The molecule has 0 aliphatic carbocycles. The predicted molar refractivity (Wildman–Crippen MR) is 100 cm³/mol. The van der Waals surface area contributed by atoms with Crippen LogP contribution >= 0.6 is 0 Å². The molecule has 4 nitrogen and oxygen atoms in total. The molecule has 2 saturated heterocycles. The van der Waals surface area contributed by atoms with Gasteiger partial charge in [0.15, 0.2) is 0 Å². The number of fused-ring (bicyclic) bond motifs is 1. The van der Waals surface area contributed by atoms with Gasteiger partial charge in [0.1, 0.15) is 5.54 Å². The van der Waals surface area contributed by atoms with E-state index in [2.05, 4.69) is 41.0 Å². The van der Waals surface area contributed by atoms with Crippen molar-refractivity contribution in [2.75, 3.05) is 19.6 Å². The highest BCUT2D eigenvalue weighted by Gasteiger charge is 2.50. The van der Waals surface area contributed by atoms with Crippen LogP contribution in [0.1, 0.15) is 44.7 Å². The average Bonchev–Trinajstić information content (AvgIpc) is 3.02. The third kappa shape index (κ3) is 2.93. The van der Waals surface area contributed by atoms with Crippen LogP contribution in [0, 0.1) is 0 Å². The molecular weight excluding hydrogens is 310 g/mol. The van der Waals surface area contributed by atoms with Crippen LogP contribution in [0.2, 0.25) is 0 Å². The second-order valence-electron chi connectivity index (χ2n) is 7.45. The molecule has 2 fully saturated rings. The summed E-state index contributed by atoms with van der Waals surface area (Å²) in [6.07, 6.45) is 5.26. The van der Waals surface area contributed by atoms with Gasteiger partial charge in [-0.15, -0.1) is 0 Å². The van der Waals surface area contributed by atoms with Crippen LogP contribution in [0.15, 0.2) is 36.4 Å². The Morgan fingerprint density at radius 2 is 1.88 bits per heavy atom. The Labute approximate surface area is 149 Å². The topological polar surface area (TPSA) is 36.4 Å². The van der Waals surface area contributed by atoms with Crippen molar-refractivity contribution in [1.82, 2.24) is 14.8 Å². The van der Waals surface area contributed by atoms with Gasteiger partial charge < -0.3 is 4.90 Å². The summed E-state index contributed by atoms with van der Waals surface area (Å²) in [4.78, 5) is 22.6. The number of benzene rings is 1. The van der Waals surface area contributed by atoms with Crippen LogP contribution in [0.3, 0.4) is 0 Å². The Morgan fingerprint density at radius 1 is 1.08 bits per heavy atom. The maximum Gasteiger partial charge on any atom is 0.243 e. The molecule has 0 bridgehead atoms. The van der Waals surface area contributed by atoms with Gasteiger partial charge in [-0.25, -0.2) is 0 Å². The van der Waals surface area contributed by atoms with Crippen LogP contribution in [-0.2, 0) is 11.3 Å². The van der Waals surface area contributed by atoms with Gasteiger partial charge in [0.25, 0.3) is 0 Å². The molecule has 3 heterocycles. The van der Waals surface area contributed by atoms with E-state index >= 15 is 0 Å². The highest BCUT2D eigenvalue weighted by molar-refractivity contribution is 5.87. The second kappa shape index (κ2) is 6.75. The number of carbonyl (C=O) groups is 1. The first-order valence-corrected chi connectivity index (χ1v) is 9.62. The molecule has 4 rings (SSSR count). The summed E-state index contributed by atoms with van der Waals surface area (Å²) in [7, 11) is 0. The fourth-order valence-electron chi connectivity index (χ4n) is 4.63. The molecule has 2 aliphatic heterocycles. The molecule has 1 amide bonds. The molecule has 2 aliphatic rings. The van der Waals surface area contributed by atoms with Crippen molar-refractivity contribution in [3.63, 3.8) is 0 Å². The SMILES string of the molecule is CCCN1CCCC2(CCCN2Cc2ccc3ccccc3n2)C1=O. The summed E-state index contributed by atoms with van der Waals surface area (Å²) >= 11 is 0. The lowest BCUT2D eigenvalue weighted by atomic mass is 9.85. The lowest BCUT2D eigenvalue weighted by Crippen LogP contribution is -2.59. The zero-order valence-corrected chi connectivity index (χ0v) is 15.1. The van der Waals surface area contributed by atoms with Gasteiger partial charge in [-0.3, -0.25) is 14.7 Å². The Kier molecular flexibility index (Phi) is 4.46. The van der Waals surface area contributed by atoms with E-state index in [1.54, 1.807) is 0 Å². The molecule has 1 aromatic heterocycles. The van der Waals surface area contributed by atoms with Crippen LogP contribution in [-0.4, -0.2) is 45.9 Å². The molecule has 132 valence electrons. The summed E-state index contributed by atoms with van der Waals surface area (Å²) in [5, 5.41) is 1.17. The Morgan fingerprint density at radius 3 is 2.72 bits per heavy atom. The number of hydrogen-bond acceptors (Lipinski definition) is 3. The monoisotopic (exact) mass is 337 g/mol. The molecule has 1 aromatic carbocycles. The van der Waals surface area contributed by atoms with E-state index in [0.717, 1.165) is 69.5 Å². The summed E-state index contributed by atoms with van der Waals surface area (Å²) in [6, 6.07) is 12.5.